The molecule has 0 bridgehead atoms. The Morgan fingerprint density at radius 1 is 0.290 bits per heavy atom. The van der Waals surface area contributed by atoms with E-state index in [4.69, 9.17) is 14.2 Å². The molecule has 404 valence electrons. The normalized spacial score (nSPS) is 12.2. The fraction of sp³-hybridized carbons (Fsp3) is 0.857. The Hall–Kier alpha value is -2.37. The summed E-state index contributed by atoms with van der Waals surface area (Å²) < 4.78 is 16.9. The van der Waals surface area contributed by atoms with Crippen molar-refractivity contribution >= 4 is 17.9 Å². The highest BCUT2D eigenvalue weighted by atomic mass is 16.6. The van der Waals surface area contributed by atoms with E-state index in [-0.39, 0.29) is 31.1 Å². The predicted molar refractivity (Wildman–Crippen MR) is 298 cm³/mol. The zero-order valence-corrected chi connectivity index (χ0v) is 46.3. The van der Waals surface area contributed by atoms with E-state index >= 15 is 0 Å². The molecule has 0 aromatic heterocycles. The van der Waals surface area contributed by atoms with Gasteiger partial charge in [0.05, 0.1) is 0 Å². The van der Waals surface area contributed by atoms with Crippen LogP contribution in [0.4, 0.5) is 0 Å². The van der Waals surface area contributed by atoms with Crippen molar-refractivity contribution < 1.29 is 28.6 Å². The van der Waals surface area contributed by atoms with Crippen LogP contribution in [0.15, 0.2) is 36.5 Å². The highest BCUT2D eigenvalue weighted by Crippen LogP contribution is 2.17. The SMILES string of the molecule is CCCCC/C=C\C/C=C\CCCCCCCC(=O)OCC(COC(=O)CCCCCCCCCCCCCCCCCCCCCC)OC(=O)CCCCCCC/C=C\CCCCCCCCC. The molecule has 0 rings (SSSR count). The average molecular weight is 970 g/mol. The van der Waals surface area contributed by atoms with Gasteiger partial charge in [-0.2, -0.15) is 0 Å². The third kappa shape index (κ3) is 56.4. The summed E-state index contributed by atoms with van der Waals surface area (Å²) in [6.07, 6.45) is 70.0. The van der Waals surface area contributed by atoms with Gasteiger partial charge in [0, 0.05) is 19.3 Å². The van der Waals surface area contributed by atoms with Crippen LogP contribution in [0.1, 0.15) is 329 Å². The van der Waals surface area contributed by atoms with Gasteiger partial charge in [-0.1, -0.05) is 269 Å². The Labute approximate surface area is 429 Å². The van der Waals surface area contributed by atoms with Crippen LogP contribution < -0.4 is 0 Å². The first kappa shape index (κ1) is 66.6. The number of unbranched alkanes of at least 4 members (excludes halogenated alkanes) is 39. The summed E-state index contributed by atoms with van der Waals surface area (Å²) in [5, 5.41) is 0. The van der Waals surface area contributed by atoms with Crippen LogP contribution in [0.25, 0.3) is 0 Å². The fourth-order valence-electron chi connectivity index (χ4n) is 9.00. The molecule has 1 atom stereocenters. The van der Waals surface area contributed by atoms with Gasteiger partial charge in [0.15, 0.2) is 6.10 Å². The Morgan fingerprint density at radius 2 is 0.522 bits per heavy atom. The molecule has 0 amide bonds. The zero-order chi connectivity index (χ0) is 50.0. The smallest absolute Gasteiger partial charge is 0.306 e. The van der Waals surface area contributed by atoms with Crippen molar-refractivity contribution in [3.63, 3.8) is 0 Å². The molecule has 0 N–H and O–H groups in total. The first-order valence-corrected chi connectivity index (χ1v) is 30.5. The number of carbonyl (C=O) groups is 3. The van der Waals surface area contributed by atoms with Gasteiger partial charge in [0.25, 0.3) is 0 Å². The second-order valence-corrected chi connectivity index (χ2v) is 20.6. The molecule has 6 heteroatoms. The standard InChI is InChI=1S/C63H116O6/c1-4-7-10-13-16-19-22-25-28-30-31-32-33-36-38-41-44-47-50-53-56-62(65)68-59-60(58-67-61(64)55-52-49-46-43-40-37-34-27-24-21-18-15-12-9-6-3)69-63(66)57-54-51-48-45-42-39-35-29-26-23-20-17-14-11-8-5-2/h18,21,27,29,34-35,60H,4-17,19-20,22-26,28,30-33,36-59H2,1-3H3/b21-18-,34-27-,35-29-. The van der Waals surface area contributed by atoms with Crippen molar-refractivity contribution in [2.24, 2.45) is 0 Å². The fourth-order valence-corrected chi connectivity index (χ4v) is 9.00. The summed E-state index contributed by atoms with van der Waals surface area (Å²) in [7, 11) is 0. The number of rotatable bonds is 56. The molecule has 0 aromatic rings. The van der Waals surface area contributed by atoms with Gasteiger partial charge in [-0.05, 0) is 77.0 Å². The van der Waals surface area contributed by atoms with Crippen LogP contribution in [0.2, 0.25) is 0 Å². The lowest BCUT2D eigenvalue weighted by atomic mass is 10.0. The molecule has 0 fully saturated rings. The highest BCUT2D eigenvalue weighted by Gasteiger charge is 2.19. The third-order valence-corrected chi connectivity index (χ3v) is 13.6. The minimum absolute atomic E-state index is 0.0762. The number of hydrogen-bond donors (Lipinski definition) is 0. The van der Waals surface area contributed by atoms with Gasteiger partial charge in [-0.25, -0.2) is 0 Å². The Bertz CT molecular complexity index is 1160. The third-order valence-electron chi connectivity index (χ3n) is 13.6. The van der Waals surface area contributed by atoms with E-state index in [1.807, 2.05) is 0 Å². The van der Waals surface area contributed by atoms with Crippen LogP contribution in [0.5, 0.6) is 0 Å². The molecule has 0 aromatic carbocycles. The van der Waals surface area contributed by atoms with Crippen LogP contribution in [-0.4, -0.2) is 37.2 Å². The largest absolute Gasteiger partial charge is 0.462 e. The van der Waals surface area contributed by atoms with Crippen LogP contribution in [0, 0.1) is 0 Å². The number of esters is 3. The summed E-state index contributed by atoms with van der Waals surface area (Å²) in [6.45, 7) is 6.64. The zero-order valence-electron chi connectivity index (χ0n) is 46.3. The number of allylic oxidation sites excluding steroid dienone is 6. The van der Waals surface area contributed by atoms with Crippen molar-refractivity contribution in [2.45, 2.75) is 335 Å². The van der Waals surface area contributed by atoms with Crippen molar-refractivity contribution in [1.82, 2.24) is 0 Å². The molecule has 0 saturated heterocycles. The summed E-state index contributed by atoms with van der Waals surface area (Å²) in [6, 6.07) is 0. The first-order chi connectivity index (χ1) is 34.0. The Balaban J connectivity index is 4.33. The quantitative estimate of drug-likeness (QED) is 0.0261. The second-order valence-electron chi connectivity index (χ2n) is 20.6. The Kier molecular flexibility index (Phi) is 56.2. The molecule has 0 radical (unpaired) electrons. The van der Waals surface area contributed by atoms with Gasteiger partial charge in [-0.3, -0.25) is 14.4 Å². The van der Waals surface area contributed by atoms with Crippen molar-refractivity contribution in [2.75, 3.05) is 13.2 Å². The van der Waals surface area contributed by atoms with Gasteiger partial charge in [0.2, 0.25) is 0 Å². The van der Waals surface area contributed by atoms with E-state index in [0.29, 0.717) is 19.3 Å². The summed E-state index contributed by atoms with van der Waals surface area (Å²) in [5.41, 5.74) is 0. The van der Waals surface area contributed by atoms with E-state index in [1.165, 1.54) is 205 Å². The summed E-state index contributed by atoms with van der Waals surface area (Å²) in [4.78, 5) is 38.2. The minimum atomic E-state index is -0.780. The van der Waals surface area contributed by atoms with E-state index in [0.717, 1.165) is 83.5 Å². The van der Waals surface area contributed by atoms with Crippen LogP contribution >= 0.6 is 0 Å². The van der Waals surface area contributed by atoms with Gasteiger partial charge >= 0.3 is 17.9 Å². The lowest BCUT2D eigenvalue weighted by Gasteiger charge is -2.18. The monoisotopic (exact) mass is 969 g/mol. The molecule has 69 heavy (non-hydrogen) atoms. The van der Waals surface area contributed by atoms with E-state index in [9.17, 15) is 14.4 Å². The lowest BCUT2D eigenvalue weighted by Crippen LogP contribution is -2.30. The van der Waals surface area contributed by atoms with Gasteiger partial charge < -0.3 is 14.2 Å². The van der Waals surface area contributed by atoms with E-state index < -0.39 is 6.10 Å². The summed E-state index contributed by atoms with van der Waals surface area (Å²) >= 11 is 0. The molecule has 6 nitrogen and oxygen atoms in total. The van der Waals surface area contributed by atoms with Crippen LogP contribution in [0.3, 0.4) is 0 Å². The summed E-state index contributed by atoms with van der Waals surface area (Å²) in [5.74, 6) is -0.879. The molecule has 1 unspecified atom stereocenters. The van der Waals surface area contributed by atoms with E-state index in [2.05, 4.69) is 57.2 Å². The maximum atomic E-state index is 12.9. The predicted octanol–water partition coefficient (Wildman–Crippen LogP) is 20.4. The van der Waals surface area contributed by atoms with Crippen LogP contribution in [-0.2, 0) is 28.6 Å². The second kappa shape index (κ2) is 58.2. The number of ether oxygens (including phenoxy) is 3. The molecule has 0 aliphatic carbocycles. The molecular weight excluding hydrogens is 853 g/mol. The van der Waals surface area contributed by atoms with Crippen molar-refractivity contribution in [3.05, 3.63) is 36.5 Å². The van der Waals surface area contributed by atoms with Crippen molar-refractivity contribution in [1.29, 1.82) is 0 Å². The van der Waals surface area contributed by atoms with Crippen molar-refractivity contribution in [3.8, 4) is 0 Å². The topological polar surface area (TPSA) is 78.9 Å². The maximum absolute atomic E-state index is 12.9. The molecular formula is C63H116O6. The highest BCUT2D eigenvalue weighted by molar-refractivity contribution is 5.71. The molecule has 0 saturated carbocycles. The maximum Gasteiger partial charge on any atom is 0.306 e. The number of hydrogen-bond acceptors (Lipinski definition) is 6. The van der Waals surface area contributed by atoms with E-state index in [1.54, 1.807) is 0 Å². The molecule has 0 heterocycles. The average Bonchev–Trinajstić information content (AvgIpc) is 3.35. The first-order valence-electron chi connectivity index (χ1n) is 30.5. The Morgan fingerprint density at radius 3 is 0.841 bits per heavy atom. The molecule has 0 aliphatic heterocycles. The van der Waals surface area contributed by atoms with Gasteiger partial charge in [-0.15, -0.1) is 0 Å². The minimum Gasteiger partial charge on any atom is -0.462 e. The number of carbonyl (C=O) groups excluding carboxylic acids is 3. The van der Waals surface area contributed by atoms with Gasteiger partial charge in [0.1, 0.15) is 13.2 Å². The molecule has 0 spiro atoms. The molecule has 0 aliphatic rings. The lowest BCUT2D eigenvalue weighted by molar-refractivity contribution is -0.167.